The van der Waals surface area contributed by atoms with Crippen molar-refractivity contribution >= 4 is 5.91 Å². The lowest BCUT2D eigenvalue weighted by Gasteiger charge is -2.38. The van der Waals surface area contributed by atoms with Crippen molar-refractivity contribution in [3.05, 3.63) is 23.8 Å². The Morgan fingerprint density at radius 1 is 1.16 bits per heavy atom. The number of methoxy groups -OCH3 is 2. The number of carbonyl (C=O) groups excluding carboxylic acids is 1. The maximum atomic E-state index is 12.3. The fourth-order valence-corrected chi connectivity index (χ4v) is 3.64. The second-order valence-corrected chi connectivity index (χ2v) is 7.40. The summed E-state index contributed by atoms with van der Waals surface area (Å²) in [6, 6.07) is 5.64. The van der Waals surface area contributed by atoms with E-state index in [1.807, 2.05) is 19.9 Å². The van der Waals surface area contributed by atoms with E-state index in [1.165, 1.54) is 24.8 Å². The highest BCUT2D eigenvalue weighted by Crippen LogP contribution is 2.42. The average molecular weight is 348 g/mol. The fourth-order valence-electron chi connectivity index (χ4n) is 3.64. The lowest BCUT2D eigenvalue weighted by molar-refractivity contribution is -0.123. The van der Waals surface area contributed by atoms with Crippen LogP contribution in [-0.2, 0) is 10.2 Å². The molecule has 0 saturated heterocycles. The van der Waals surface area contributed by atoms with Gasteiger partial charge >= 0.3 is 0 Å². The summed E-state index contributed by atoms with van der Waals surface area (Å²) in [5.74, 6) is 1.52. The second-order valence-electron chi connectivity index (χ2n) is 7.40. The third-order valence-corrected chi connectivity index (χ3v) is 5.43. The van der Waals surface area contributed by atoms with E-state index in [4.69, 9.17) is 15.2 Å². The van der Waals surface area contributed by atoms with Gasteiger partial charge in [0.1, 0.15) is 0 Å². The maximum Gasteiger partial charge on any atom is 0.237 e. The SMILES string of the molecule is COc1ccc(C2(CNC(=O)[C@@H](N)C(C)C)CCCCC2)cc1OC. The summed E-state index contributed by atoms with van der Waals surface area (Å²) in [6.45, 7) is 4.55. The van der Waals surface area contributed by atoms with Crippen LogP contribution < -0.4 is 20.5 Å². The van der Waals surface area contributed by atoms with Crippen LogP contribution in [-0.4, -0.2) is 32.7 Å². The zero-order valence-electron chi connectivity index (χ0n) is 15.9. The van der Waals surface area contributed by atoms with Crippen LogP contribution in [0.1, 0.15) is 51.5 Å². The van der Waals surface area contributed by atoms with Crippen LogP contribution in [0.2, 0.25) is 0 Å². The summed E-state index contributed by atoms with van der Waals surface area (Å²) in [7, 11) is 3.29. The molecule has 25 heavy (non-hydrogen) atoms. The first-order valence-corrected chi connectivity index (χ1v) is 9.19. The van der Waals surface area contributed by atoms with Crippen molar-refractivity contribution in [1.29, 1.82) is 0 Å². The zero-order valence-corrected chi connectivity index (χ0v) is 15.9. The molecule has 3 N–H and O–H groups in total. The van der Waals surface area contributed by atoms with Gasteiger partial charge in [-0.05, 0) is 36.5 Å². The molecule has 0 aliphatic heterocycles. The topological polar surface area (TPSA) is 73.6 Å². The largest absolute Gasteiger partial charge is 0.493 e. The van der Waals surface area contributed by atoms with Gasteiger partial charge in [-0.25, -0.2) is 0 Å². The first-order chi connectivity index (χ1) is 11.9. The third kappa shape index (κ3) is 4.46. The molecule has 1 aromatic rings. The minimum Gasteiger partial charge on any atom is -0.493 e. The van der Waals surface area contributed by atoms with Crippen molar-refractivity contribution in [2.45, 2.75) is 57.4 Å². The van der Waals surface area contributed by atoms with Gasteiger partial charge in [0.05, 0.1) is 20.3 Å². The van der Waals surface area contributed by atoms with Gasteiger partial charge in [0.15, 0.2) is 11.5 Å². The van der Waals surface area contributed by atoms with Crippen molar-refractivity contribution in [3.8, 4) is 11.5 Å². The molecule has 1 amide bonds. The molecule has 0 aromatic heterocycles. The molecule has 1 atom stereocenters. The van der Waals surface area contributed by atoms with Crippen LogP contribution in [0, 0.1) is 5.92 Å². The Bertz CT molecular complexity index is 580. The Morgan fingerprint density at radius 3 is 2.36 bits per heavy atom. The predicted octanol–water partition coefficient (Wildman–Crippen LogP) is 3.01. The molecular weight excluding hydrogens is 316 g/mol. The Labute approximate surface area is 151 Å². The first-order valence-electron chi connectivity index (χ1n) is 9.19. The molecule has 0 bridgehead atoms. The van der Waals surface area contributed by atoms with E-state index < -0.39 is 6.04 Å². The molecular formula is C20H32N2O3. The standard InChI is InChI=1S/C20H32N2O3/c1-14(2)18(21)19(23)22-13-20(10-6-5-7-11-20)15-8-9-16(24-3)17(12-15)25-4/h8-9,12,14,18H,5-7,10-11,13,21H2,1-4H3,(H,22,23)/t18-/m0/s1. The van der Waals surface area contributed by atoms with Crippen molar-refractivity contribution in [3.63, 3.8) is 0 Å². The molecule has 2 rings (SSSR count). The van der Waals surface area contributed by atoms with E-state index in [2.05, 4.69) is 17.4 Å². The summed E-state index contributed by atoms with van der Waals surface area (Å²) in [5, 5.41) is 3.10. The van der Waals surface area contributed by atoms with Crippen LogP contribution in [0.25, 0.3) is 0 Å². The molecule has 5 nitrogen and oxygen atoms in total. The number of nitrogens with two attached hydrogens (primary N) is 1. The van der Waals surface area contributed by atoms with E-state index in [0.29, 0.717) is 6.54 Å². The minimum absolute atomic E-state index is 0.0653. The summed E-state index contributed by atoms with van der Waals surface area (Å²) in [6.07, 6.45) is 5.69. The first kappa shape index (κ1) is 19.6. The minimum atomic E-state index is -0.467. The highest BCUT2D eigenvalue weighted by Gasteiger charge is 2.35. The molecule has 1 aliphatic carbocycles. The molecule has 1 aromatic carbocycles. The van der Waals surface area contributed by atoms with Crippen molar-refractivity contribution in [2.24, 2.45) is 11.7 Å². The van der Waals surface area contributed by atoms with Crippen molar-refractivity contribution < 1.29 is 14.3 Å². The number of hydrogen-bond donors (Lipinski definition) is 2. The van der Waals surface area contributed by atoms with Gasteiger partial charge in [0.2, 0.25) is 5.91 Å². The van der Waals surface area contributed by atoms with E-state index in [1.54, 1.807) is 14.2 Å². The highest BCUT2D eigenvalue weighted by atomic mass is 16.5. The lowest BCUT2D eigenvalue weighted by Crippen LogP contribution is -2.49. The molecule has 0 unspecified atom stereocenters. The van der Waals surface area contributed by atoms with Gasteiger partial charge in [-0.15, -0.1) is 0 Å². The molecule has 1 aliphatic rings. The van der Waals surface area contributed by atoms with E-state index in [0.717, 1.165) is 24.3 Å². The highest BCUT2D eigenvalue weighted by molar-refractivity contribution is 5.81. The summed E-state index contributed by atoms with van der Waals surface area (Å²) < 4.78 is 10.8. The van der Waals surface area contributed by atoms with Gasteiger partial charge in [-0.2, -0.15) is 0 Å². The predicted molar refractivity (Wildman–Crippen MR) is 100 cm³/mol. The van der Waals surface area contributed by atoms with Crippen molar-refractivity contribution in [2.75, 3.05) is 20.8 Å². The van der Waals surface area contributed by atoms with E-state index in [-0.39, 0.29) is 17.2 Å². The lowest BCUT2D eigenvalue weighted by atomic mass is 9.69. The quantitative estimate of drug-likeness (QED) is 0.794. The number of ether oxygens (including phenoxy) is 2. The summed E-state index contributed by atoms with van der Waals surface area (Å²) in [4.78, 5) is 12.3. The average Bonchev–Trinajstić information content (AvgIpc) is 2.65. The monoisotopic (exact) mass is 348 g/mol. The third-order valence-electron chi connectivity index (χ3n) is 5.43. The molecule has 1 saturated carbocycles. The number of amides is 1. The maximum absolute atomic E-state index is 12.3. The molecule has 0 heterocycles. The molecule has 0 radical (unpaired) electrons. The van der Waals surface area contributed by atoms with Gasteiger partial charge < -0.3 is 20.5 Å². The van der Waals surface area contributed by atoms with Crippen LogP contribution in [0.5, 0.6) is 11.5 Å². The van der Waals surface area contributed by atoms with E-state index in [9.17, 15) is 4.79 Å². The molecule has 5 heteroatoms. The van der Waals surface area contributed by atoms with Crippen LogP contribution in [0.15, 0.2) is 18.2 Å². The van der Waals surface area contributed by atoms with Crippen LogP contribution in [0.4, 0.5) is 0 Å². The second kappa shape index (κ2) is 8.56. The van der Waals surface area contributed by atoms with Gasteiger partial charge in [-0.1, -0.05) is 39.2 Å². The summed E-state index contributed by atoms with van der Waals surface area (Å²) >= 11 is 0. The van der Waals surface area contributed by atoms with Crippen molar-refractivity contribution in [1.82, 2.24) is 5.32 Å². The zero-order chi connectivity index (χ0) is 18.4. The van der Waals surface area contributed by atoms with E-state index >= 15 is 0 Å². The number of hydrogen-bond acceptors (Lipinski definition) is 4. The Balaban J connectivity index is 2.24. The Kier molecular flexibility index (Phi) is 6.71. The molecule has 0 spiro atoms. The number of rotatable bonds is 7. The van der Waals surface area contributed by atoms with Gasteiger partial charge in [0.25, 0.3) is 0 Å². The van der Waals surface area contributed by atoms with Gasteiger partial charge in [0, 0.05) is 12.0 Å². The number of nitrogens with one attached hydrogen (secondary N) is 1. The Morgan fingerprint density at radius 2 is 1.80 bits per heavy atom. The normalized spacial score (nSPS) is 17.8. The summed E-state index contributed by atoms with van der Waals surface area (Å²) in [5.41, 5.74) is 7.12. The smallest absolute Gasteiger partial charge is 0.237 e. The molecule has 1 fully saturated rings. The fraction of sp³-hybridized carbons (Fsp3) is 0.650. The van der Waals surface area contributed by atoms with Gasteiger partial charge in [-0.3, -0.25) is 4.79 Å². The number of benzene rings is 1. The Hall–Kier alpha value is -1.75. The van der Waals surface area contributed by atoms with Crippen LogP contribution >= 0.6 is 0 Å². The van der Waals surface area contributed by atoms with Crippen LogP contribution in [0.3, 0.4) is 0 Å². The molecule has 140 valence electrons. The number of carbonyl (C=O) groups is 1.